The number of ether oxygens (including phenoxy) is 2. The molecule has 1 aromatic carbocycles. The molecule has 3 heterocycles. The van der Waals surface area contributed by atoms with E-state index in [1.807, 2.05) is 6.92 Å². The molecule has 0 aliphatic carbocycles. The number of esters is 1. The first-order valence-corrected chi connectivity index (χ1v) is 15.8. The molecule has 3 saturated heterocycles. The van der Waals surface area contributed by atoms with E-state index < -0.39 is 59.5 Å². The number of hydrogen-bond donors (Lipinski definition) is 2. The highest BCUT2D eigenvalue weighted by atomic mass is 79.9. The van der Waals surface area contributed by atoms with Gasteiger partial charge in [0.15, 0.2) is 0 Å². The number of aliphatic hydroxyl groups excluding tert-OH is 1. The van der Waals surface area contributed by atoms with E-state index in [2.05, 4.69) is 34.4 Å². The summed E-state index contributed by atoms with van der Waals surface area (Å²) in [7, 11) is 0. The number of alkyl halides is 1. The van der Waals surface area contributed by atoms with Crippen LogP contribution >= 0.6 is 27.5 Å². The summed E-state index contributed by atoms with van der Waals surface area (Å²) in [5.41, 5.74) is -0.769. The maximum absolute atomic E-state index is 14.5. The van der Waals surface area contributed by atoms with Crippen molar-refractivity contribution in [1.82, 2.24) is 10.2 Å². The molecule has 4 rings (SSSR count). The Labute approximate surface area is 265 Å². The largest absolute Gasteiger partial charge is 0.460 e. The minimum atomic E-state index is -1.33. The van der Waals surface area contributed by atoms with Gasteiger partial charge in [-0.2, -0.15) is 0 Å². The lowest BCUT2D eigenvalue weighted by molar-refractivity contribution is -0.159. The number of halogens is 2. The molecule has 2 bridgehead atoms. The molecule has 1 unspecified atom stereocenters. The minimum absolute atomic E-state index is 0.106. The fourth-order valence-electron chi connectivity index (χ4n) is 6.54. The second kappa shape index (κ2) is 13.9. The van der Waals surface area contributed by atoms with Crippen LogP contribution in [0.4, 0.5) is 5.69 Å². The summed E-state index contributed by atoms with van der Waals surface area (Å²) in [6, 6.07) is 4.98. The molecular weight excluding hydrogens is 642 g/mol. The maximum atomic E-state index is 14.5. The lowest BCUT2D eigenvalue weighted by atomic mass is 9.70. The van der Waals surface area contributed by atoms with E-state index in [1.54, 1.807) is 43.3 Å². The highest BCUT2D eigenvalue weighted by molar-refractivity contribution is 9.09. The zero-order valence-corrected chi connectivity index (χ0v) is 26.8. The molecule has 3 fully saturated rings. The van der Waals surface area contributed by atoms with Crippen LogP contribution in [-0.4, -0.2) is 88.1 Å². The Morgan fingerprint density at radius 3 is 2.60 bits per heavy atom. The summed E-state index contributed by atoms with van der Waals surface area (Å²) in [6.45, 7) is 10.8. The minimum Gasteiger partial charge on any atom is -0.460 e. The lowest BCUT2D eigenvalue weighted by Gasteiger charge is -2.39. The van der Waals surface area contributed by atoms with Gasteiger partial charge in [-0.05, 0) is 50.5 Å². The Hall–Kier alpha value is -2.73. The maximum Gasteiger partial charge on any atom is 0.312 e. The van der Waals surface area contributed by atoms with Gasteiger partial charge in [0.1, 0.15) is 17.7 Å². The molecule has 0 radical (unpaired) electrons. The number of fused-ring (bicyclic) bond motifs is 1. The third-order valence-electron chi connectivity index (χ3n) is 8.50. The van der Waals surface area contributed by atoms with Crippen LogP contribution in [0.25, 0.3) is 0 Å². The van der Waals surface area contributed by atoms with Gasteiger partial charge in [-0.15, -0.1) is 13.2 Å². The molecule has 10 nitrogen and oxygen atoms in total. The van der Waals surface area contributed by atoms with Crippen molar-refractivity contribution in [1.29, 1.82) is 0 Å². The molecular formula is C31H39BrClN3O7. The first kappa shape index (κ1) is 33.2. The van der Waals surface area contributed by atoms with Crippen LogP contribution in [0.3, 0.4) is 0 Å². The fourth-order valence-corrected chi connectivity index (χ4v) is 7.61. The van der Waals surface area contributed by atoms with Gasteiger partial charge in [-0.3, -0.25) is 19.2 Å². The smallest absolute Gasteiger partial charge is 0.312 e. The van der Waals surface area contributed by atoms with Gasteiger partial charge in [-0.1, -0.05) is 46.6 Å². The van der Waals surface area contributed by atoms with Crippen molar-refractivity contribution < 1.29 is 33.8 Å². The normalized spacial score (nSPS) is 28.6. The van der Waals surface area contributed by atoms with Crippen molar-refractivity contribution in [3.8, 4) is 0 Å². The van der Waals surface area contributed by atoms with Gasteiger partial charge in [0.2, 0.25) is 11.8 Å². The summed E-state index contributed by atoms with van der Waals surface area (Å²) < 4.78 is 12.3. The van der Waals surface area contributed by atoms with Crippen LogP contribution in [0.5, 0.6) is 0 Å². The zero-order chi connectivity index (χ0) is 31.5. The summed E-state index contributed by atoms with van der Waals surface area (Å²) in [4.78, 5) is 57.1. The van der Waals surface area contributed by atoms with Crippen molar-refractivity contribution in [2.24, 2.45) is 11.8 Å². The number of nitrogens with one attached hydrogen (secondary N) is 1. The van der Waals surface area contributed by atoms with Crippen molar-refractivity contribution >= 4 is 56.9 Å². The Balaban J connectivity index is 1.67. The summed E-state index contributed by atoms with van der Waals surface area (Å²) in [5.74, 6) is -3.62. The average molecular weight is 681 g/mol. The van der Waals surface area contributed by atoms with Crippen molar-refractivity contribution in [3.05, 3.63) is 54.6 Å². The molecule has 0 saturated carbocycles. The predicted molar refractivity (Wildman–Crippen MR) is 166 cm³/mol. The molecule has 1 spiro atoms. The SMILES string of the molecule is C=CCCC(=O)NC[C@H](C)OC(=O)[C@H]1[C@@H]2O[C@@]3(CC2Br)[C@@H]1C(=O)N([C@@H](CC)CO)[C@@H]3C(=O)N(CC=C)c1ccc(Cl)cc1. The first-order valence-electron chi connectivity index (χ1n) is 14.5. The number of carbonyl (C=O) groups is 4. The van der Waals surface area contributed by atoms with Crippen LogP contribution in [0.15, 0.2) is 49.6 Å². The third-order valence-corrected chi connectivity index (χ3v) is 9.60. The van der Waals surface area contributed by atoms with Gasteiger partial charge in [0, 0.05) is 28.5 Å². The number of nitrogens with zero attached hydrogens (tertiary/aromatic N) is 2. The second-order valence-corrected chi connectivity index (χ2v) is 12.9. The lowest BCUT2D eigenvalue weighted by Crippen LogP contribution is -2.59. The zero-order valence-electron chi connectivity index (χ0n) is 24.4. The highest BCUT2D eigenvalue weighted by Crippen LogP contribution is 2.61. The number of hydrogen-bond acceptors (Lipinski definition) is 7. The Kier molecular flexibility index (Phi) is 10.7. The van der Waals surface area contributed by atoms with E-state index in [1.165, 1.54) is 9.80 Å². The number of anilines is 1. The molecule has 3 amide bonds. The van der Waals surface area contributed by atoms with Gasteiger partial charge < -0.3 is 29.7 Å². The number of aliphatic hydroxyl groups is 1. The number of likely N-dealkylation sites (tertiary alicyclic amines) is 1. The van der Waals surface area contributed by atoms with E-state index in [9.17, 15) is 24.3 Å². The highest BCUT2D eigenvalue weighted by Gasteiger charge is 2.77. The number of benzene rings is 1. The van der Waals surface area contributed by atoms with Crippen LogP contribution < -0.4 is 10.2 Å². The van der Waals surface area contributed by atoms with Crippen LogP contribution in [0.2, 0.25) is 5.02 Å². The quantitative estimate of drug-likeness (QED) is 0.175. The number of amides is 3. The third kappa shape index (κ3) is 6.27. The molecule has 8 atom stereocenters. The van der Waals surface area contributed by atoms with Crippen LogP contribution in [0, 0.1) is 11.8 Å². The molecule has 1 aromatic rings. The van der Waals surface area contributed by atoms with Gasteiger partial charge in [0.05, 0.1) is 37.1 Å². The van der Waals surface area contributed by atoms with Crippen LogP contribution in [-0.2, 0) is 28.7 Å². The van der Waals surface area contributed by atoms with Crippen molar-refractivity contribution in [3.63, 3.8) is 0 Å². The Bertz CT molecular complexity index is 1240. The molecule has 43 heavy (non-hydrogen) atoms. The summed E-state index contributed by atoms with van der Waals surface area (Å²) >= 11 is 9.75. The van der Waals surface area contributed by atoms with Crippen LogP contribution in [0.1, 0.15) is 39.5 Å². The van der Waals surface area contributed by atoms with Gasteiger partial charge >= 0.3 is 5.97 Å². The van der Waals surface area contributed by atoms with Gasteiger partial charge in [0.25, 0.3) is 5.91 Å². The van der Waals surface area contributed by atoms with Gasteiger partial charge in [-0.25, -0.2) is 0 Å². The second-order valence-electron chi connectivity index (χ2n) is 11.2. The van der Waals surface area contributed by atoms with E-state index in [4.69, 9.17) is 21.1 Å². The van der Waals surface area contributed by atoms with Crippen molar-refractivity contribution in [2.75, 3.05) is 24.6 Å². The average Bonchev–Trinajstić information content (AvgIpc) is 3.58. The van der Waals surface area contributed by atoms with E-state index in [0.29, 0.717) is 30.0 Å². The van der Waals surface area contributed by atoms with E-state index >= 15 is 0 Å². The summed E-state index contributed by atoms with van der Waals surface area (Å²) in [5, 5.41) is 13.5. The molecule has 12 heteroatoms. The molecule has 3 aliphatic rings. The molecule has 234 valence electrons. The number of carbonyl (C=O) groups excluding carboxylic acids is 4. The topological polar surface area (TPSA) is 125 Å². The molecule has 2 N–H and O–H groups in total. The monoisotopic (exact) mass is 679 g/mol. The summed E-state index contributed by atoms with van der Waals surface area (Å²) in [6.07, 6.45) is 3.38. The number of allylic oxidation sites excluding steroid dienone is 1. The van der Waals surface area contributed by atoms with Crippen molar-refractivity contribution in [2.45, 2.75) is 74.3 Å². The van der Waals surface area contributed by atoms with E-state index in [0.717, 1.165) is 0 Å². The number of rotatable bonds is 14. The first-order chi connectivity index (χ1) is 20.5. The molecule has 0 aromatic heterocycles. The molecule has 3 aliphatic heterocycles. The fraction of sp³-hybridized carbons (Fsp3) is 0.548. The van der Waals surface area contributed by atoms with E-state index in [-0.39, 0.29) is 36.9 Å². The predicted octanol–water partition coefficient (Wildman–Crippen LogP) is 3.39. The standard InChI is InChI=1S/C31H39BrClN3O7/c1-5-8-9-23(38)34-16-18(4)42-30(41)24-25-28(39)36(20(7-3)17-37)27(31(25)15-22(32)26(24)43-31)29(40)35(14-6-2)21-12-10-19(33)11-13-21/h5-6,10-13,18,20,22,24-27,37H,1-2,7-9,14-17H2,3-4H3,(H,34,38)/t18-,20-,22?,24+,25-,26+,27+,31-/m0/s1. The Morgan fingerprint density at radius 2 is 2.00 bits per heavy atom. The Morgan fingerprint density at radius 1 is 1.30 bits per heavy atom.